The van der Waals surface area contributed by atoms with E-state index in [4.69, 9.17) is 4.74 Å². The summed E-state index contributed by atoms with van der Waals surface area (Å²) in [6.45, 7) is 11.4. The molecule has 0 unspecified atom stereocenters. The van der Waals surface area contributed by atoms with Crippen LogP contribution in [-0.4, -0.2) is 31.2 Å². The van der Waals surface area contributed by atoms with Gasteiger partial charge in [-0.25, -0.2) is 4.39 Å². The number of ether oxygens (including phenoxy) is 1. The molecule has 1 heterocycles. The first kappa shape index (κ1) is 16.9. The van der Waals surface area contributed by atoms with Gasteiger partial charge < -0.3 is 9.64 Å². The van der Waals surface area contributed by atoms with Crippen LogP contribution in [0.4, 0.5) is 4.39 Å². The average molecular weight is 255 g/mol. The number of hydrogen-bond acceptors (Lipinski definition) is 2. The Morgan fingerprint density at radius 2 is 1.94 bits per heavy atom. The van der Waals surface area contributed by atoms with Crippen molar-refractivity contribution in [2.24, 2.45) is 0 Å². The van der Waals surface area contributed by atoms with Gasteiger partial charge in [0.05, 0.1) is 12.9 Å². The Kier molecular flexibility index (Phi) is 10.4. The Labute approximate surface area is 111 Å². The van der Waals surface area contributed by atoms with Crippen molar-refractivity contribution in [3.8, 4) is 0 Å². The van der Waals surface area contributed by atoms with Crippen LogP contribution in [0.25, 0.3) is 0 Å². The van der Waals surface area contributed by atoms with E-state index in [2.05, 4.69) is 4.90 Å². The average Bonchev–Trinajstić information content (AvgIpc) is 2.70. The molecule has 1 aliphatic rings. The smallest absolute Gasteiger partial charge is 0.0867 e. The van der Waals surface area contributed by atoms with E-state index in [0.717, 1.165) is 38.4 Å². The monoisotopic (exact) mass is 255 g/mol. The van der Waals surface area contributed by atoms with E-state index in [9.17, 15) is 4.39 Å². The van der Waals surface area contributed by atoms with Gasteiger partial charge in [-0.1, -0.05) is 19.9 Å². The molecular weight excluding hydrogens is 229 g/mol. The van der Waals surface area contributed by atoms with Crippen LogP contribution in [0.2, 0.25) is 0 Å². The summed E-state index contributed by atoms with van der Waals surface area (Å²) < 4.78 is 17.5. The molecule has 0 spiro atoms. The lowest BCUT2D eigenvalue weighted by atomic mass is 10.1. The first-order valence-corrected chi connectivity index (χ1v) is 6.72. The van der Waals surface area contributed by atoms with Gasteiger partial charge in [0.15, 0.2) is 0 Å². The number of rotatable bonds is 3. The summed E-state index contributed by atoms with van der Waals surface area (Å²) in [5.74, 6) is 0. The maximum atomic E-state index is 12.1. The van der Waals surface area contributed by atoms with Gasteiger partial charge in [-0.3, -0.25) is 0 Å². The van der Waals surface area contributed by atoms with Crippen molar-refractivity contribution in [2.75, 3.05) is 26.3 Å². The van der Waals surface area contributed by atoms with Crippen LogP contribution in [0.1, 0.15) is 34.1 Å². The summed E-state index contributed by atoms with van der Waals surface area (Å²) in [5.41, 5.74) is 2.25. The van der Waals surface area contributed by atoms with Crippen molar-refractivity contribution in [1.29, 1.82) is 0 Å². The van der Waals surface area contributed by atoms with Crippen molar-refractivity contribution >= 4 is 0 Å². The van der Waals surface area contributed by atoms with Crippen molar-refractivity contribution in [1.82, 2.24) is 4.90 Å². The fraction of sp³-hybridized carbons (Fsp3) is 0.600. The van der Waals surface area contributed by atoms with Gasteiger partial charge in [-0.2, -0.15) is 0 Å². The topological polar surface area (TPSA) is 12.5 Å². The van der Waals surface area contributed by atoms with E-state index in [1.54, 1.807) is 0 Å². The van der Waals surface area contributed by atoms with Crippen LogP contribution in [-0.2, 0) is 4.74 Å². The molecule has 2 nitrogen and oxygen atoms in total. The highest BCUT2D eigenvalue weighted by Crippen LogP contribution is 2.17. The van der Waals surface area contributed by atoms with Gasteiger partial charge in [-0.15, -0.1) is 0 Å². The summed E-state index contributed by atoms with van der Waals surface area (Å²) in [5, 5.41) is 0. The molecule has 104 valence electrons. The van der Waals surface area contributed by atoms with E-state index in [1.165, 1.54) is 11.6 Å². The summed E-state index contributed by atoms with van der Waals surface area (Å²) >= 11 is 0. The second-order valence-corrected chi connectivity index (χ2v) is 3.80. The number of hydrogen-bond donors (Lipinski definition) is 0. The molecule has 0 aromatic rings. The van der Waals surface area contributed by atoms with E-state index in [0.29, 0.717) is 6.33 Å². The second-order valence-electron chi connectivity index (χ2n) is 3.80. The minimum Gasteiger partial charge on any atom is -0.380 e. The molecule has 1 aliphatic heterocycles. The number of nitrogens with zero attached hydrogens (tertiary/aromatic N) is 1. The first-order chi connectivity index (χ1) is 8.79. The molecule has 0 bridgehead atoms. The van der Waals surface area contributed by atoms with E-state index < -0.39 is 0 Å². The third-order valence-corrected chi connectivity index (χ3v) is 2.73. The van der Waals surface area contributed by atoms with Crippen LogP contribution in [0.3, 0.4) is 0 Å². The van der Waals surface area contributed by atoms with Crippen LogP contribution in [0.5, 0.6) is 0 Å². The molecule has 0 aromatic heterocycles. The summed E-state index contributed by atoms with van der Waals surface area (Å²) in [7, 11) is 0. The summed E-state index contributed by atoms with van der Waals surface area (Å²) in [4.78, 5) is 2.25. The molecule has 1 rings (SSSR count). The zero-order valence-electron chi connectivity index (χ0n) is 12.1. The van der Waals surface area contributed by atoms with Crippen LogP contribution in [0.15, 0.2) is 35.8 Å². The highest BCUT2D eigenvalue weighted by Gasteiger charge is 2.12. The molecule has 1 fully saturated rings. The van der Waals surface area contributed by atoms with E-state index in [1.807, 2.05) is 39.8 Å². The molecule has 0 amide bonds. The fourth-order valence-corrected chi connectivity index (χ4v) is 1.75. The highest BCUT2D eigenvalue weighted by atomic mass is 19.1. The zero-order valence-corrected chi connectivity index (χ0v) is 12.1. The maximum Gasteiger partial charge on any atom is 0.0867 e. The third-order valence-electron chi connectivity index (χ3n) is 2.73. The molecule has 0 radical (unpaired) electrons. The Balaban J connectivity index is 0.00000137. The molecule has 0 aromatic carbocycles. The quantitative estimate of drug-likeness (QED) is 0.705. The van der Waals surface area contributed by atoms with Gasteiger partial charge in [-0.05, 0) is 38.0 Å². The zero-order chi connectivity index (χ0) is 13.8. The first-order valence-electron chi connectivity index (χ1n) is 6.72. The fourth-order valence-electron chi connectivity index (χ4n) is 1.75. The summed E-state index contributed by atoms with van der Waals surface area (Å²) in [6.07, 6.45) is 6.89. The second kappa shape index (κ2) is 11.0. The molecule has 0 aliphatic carbocycles. The maximum absolute atomic E-state index is 12.1. The van der Waals surface area contributed by atoms with Crippen LogP contribution < -0.4 is 0 Å². The SMILES string of the molecule is CC.C\C=C(C)/C(=C\C=C\F)N1CCCOCC1. The molecule has 0 atom stereocenters. The molecule has 18 heavy (non-hydrogen) atoms. The van der Waals surface area contributed by atoms with Crippen LogP contribution in [0, 0.1) is 0 Å². The Morgan fingerprint density at radius 1 is 1.22 bits per heavy atom. The van der Waals surface area contributed by atoms with E-state index in [-0.39, 0.29) is 0 Å². The predicted molar refractivity (Wildman–Crippen MR) is 76.1 cm³/mol. The lowest BCUT2D eigenvalue weighted by Gasteiger charge is -2.25. The van der Waals surface area contributed by atoms with Crippen LogP contribution >= 0.6 is 0 Å². The van der Waals surface area contributed by atoms with Gasteiger partial charge in [0.25, 0.3) is 0 Å². The predicted octanol–water partition coefficient (Wildman–Crippen LogP) is 4.07. The van der Waals surface area contributed by atoms with Gasteiger partial charge in [0.2, 0.25) is 0 Å². The standard InChI is InChI=1S/C13H20FNO.C2H6/c1-3-12(2)13(6-4-7-14)15-8-5-10-16-11-9-15;1-2/h3-4,6-7H,5,8-11H2,1-2H3;1-2H3/b7-4+,12-3-,13-6+;. The minimum atomic E-state index is 0.567. The van der Waals surface area contributed by atoms with Crippen molar-refractivity contribution in [2.45, 2.75) is 34.1 Å². The van der Waals surface area contributed by atoms with Gasteiger partial charge in [0.1, 0.15) is 0 Å². The van der Waals surface area contributed by atoms with Crippen molar-refractivity contribution in [3.05, 3.63) is 35.8 Å². The highest BCUT2D eigenvalue weighted by molar-refractivity contribution is 5.30. The minimum absolute atomic E-state index is 0.567. The molecule has 3 heteroatoms. The number of halogens is 1. The Bertz CT molecular complexity index is 287. The lowest BCUT2D eigenvalue weighted by Crippen LogP contribution is -2.26. The van der Waals surface area contributed by atoms with E-state index >= 15 is 0 Å². The molecule has 0 saturated carbocycles. The third kappa shape index (κ3) is 6.01. The normalized spacial score (nSPS) is 18.4. The van der Waals surface area contributed by atoms with Gasteiger partial charge >= 0.3 is 0 Å². The summed E-state index contributed by atoms with van der Waals surface area (Å²) in [6, 6.07) is 0. The molecular formula is C15H26FNO. The Morgan fingerprint density at radius 3 is 2.56 bits per heavy atom. The number of allylic oxidation sites excluding steroid dienone is 4. The molecule has 1 saturated heterocycles. The lowest BCUT2D eigenvalue weighted by molar-refractivity contribution is 0.145. The Hall–Kier alpha value is -1.09. The van der Waals surface area contributed by atoms with Crippen molar-refractivity contribution < 1.29 is 9.13 Å². The largest absolute Gasteiger partial charge is 0.380 e. The molecule has 0 N–H and O–H groups in total. The van der Waals surface area contributed by atoms with Gasteiger partial charge in [0, 0.05) is 25.4 Å². The van der Waals surface area contributed by atoms with Crippen molar-refractivity contribution in [3.63, 3.8) is 0 Å².